The van der Waals surface area contributed by atoms with Crippen molar-refractivity contribution in [3.05, 3.63) is 32.7 Å². The normalized spacial score (nSPS) is 20.5. The van der Waals surface area contributed by atoms with Crippen LogP contribution in [0.3, 0.4) is 0 Å². The van der Waals surface area contributed by atoms with Gasteiger partial charge in [0.15, 0.2) is 0 Å². The molecule has 1 saturated carbocycles. The van der Waals surface area contributed by atoms with E-state index < -0.39 is 5.97 Å². The van der Waals surface area contributed by atoms with Crippen LogP contribution in [0.2, 0.25) is 0 Å². The van der Waals surface area contributed by atoms with Gasteiger partial charge >= 0.3 is 5.97 Å². The zero-order chi connectivity index (χ0) is 16.3. The molecule has 3 N–H and O–H groups in total. The molecule has 0 radical (unpaired) electrons. The van der Waals surface area contributed by atoms with Crippen LogP contribution < -0.4 is 10.9 Å². The fourth-order valence-electron chi connectivity index (χ4n) is 2.53. The predicted octanol–water partition coefficient (Wildman–Crippen LogP) is 0.805. The molecule has 0 aliphatic heterocycles. The molecule has 1 aliphatic rings. The van der Waals surface area contributed by atoms with Crippen molar-refractivity contribution in [2.45, 2.75) is 31.8 Å². The first-order valence-corrected chi connectivity index (χ1v) is 7.85. The topological polar surface area (TPSA) is 102 Å². The highest BCUT2D eigenvalue weighted by atomic mass is 79.9. The number of aliphatic carboxylic acids is 1. The molecule has 1 heterocycles. The van der Waals surface area contributed by atoms with Gasteiger partial charge in [-0.05, 0) is 41.4 Å². The molecule has 1 amide bonds. The zero-order valence-corrected chi connectivity index (χ0v) is 13.7. The second-order valence-electron chi connectivity index (χ2n) is 5.32. The Bertz CT molecular complexity index is 625. The van der Waals surface area contributed by atoms with Crippen molar-refractivity contribution in [1.82, 2.24) is 15.2 Å². The number of carbonyl (C=O) groups excluding carboxylic acids is 1. The lowest BCUT2D eigenvalue weighted by Crippen LogP contribution is -2.54. The molecule has 120 valence electrons. The maximum atomic E-state index is 12.1. The third kappa shape index (κ3) is 3.95. The number of hydrogen-bond donors (Lipinski definition) is 3. The van der Waals surface area contributed by atoms with Gasteiger partial charge in [-0.3, -0.25) is 19.3 Å². The molecule has 0 spiro atoms. The number of nitrogens with zero attached hydrogens (tertiary/aromatic N) is 1. The van der Waals surface area contributed by atoms with E-state index in [0.29, 0.717) is 16.6 Å². The molecule has 1 aromatic heterocycles. The minimum absolute atomic E-state index is 0.0225. The molecular weight excluding hydrogens is 354 g/mol. The Balaban J connectivity index is 1.86. The highest BCUT2D eigenvalue weighted by molar-refractivity contribution is 9.10. The number of aromatic amines is 1. The lowest BCUT2D eigenvalue weighted by Gasteiger charge is -2.42. The van der Waals surface area contributed by atoms with Crippen LogP contribution in [0.15, 0.2) is 21.5 Å². The van der Waals surface area contributed by atoms with Gasteiger partial charge in [0.25, 0.3) is 11.5 Å². The van der Waals surface area contributed by atoms with E-state index in [0.717, 1.165) is 12.8 Å². The summed E-state index contributed by atoms with van der Waals surface area (Å²) >= 11 is 3.09. The number of amides is 1. The average molecular weight is 372 g/mol. The van der Waals surface area contributed by atoms with Crippen LogP contribution in [0, 0.1) is 0 Å². The number of likely N-dealkylation sites (N-methyl/N-ethyl adjacent to an activating group) is 1. The molecule has 0 bridgehead atoms. The van der Waals surface area contributed by atoms with Gasteiger partial charge in [-0.15, -0.1) is 0 Å². The number of carboxylic acids is 1. The largest absolute Gasteiger partial charge is 0.480 e. The molecule has 1 aromatic rings. The summed E-state index contributed by atoms with van der Waals surface area (Å²) in [4.78, 5) is 38.5. The van der Waals surface area contributed by atoms with Gasteiger partial charge in [-0.1, -0.05) is 6.92 Å². The first-order valence-electron chi connectivity index (χ1n) is 7.05. The molecule has 0 aromatic carbocycles. The van der Waals surface area contributed by atoms with Crippen molar-refractivity contribution in [1.29, 1.82) is 0 Å². The van der Waals surface area contributed by atoms with Gasteiger partial charge in [-0.2, -0.15) is 0 Å². The van der Waals surface area contributed by atoms with E-state index in [1.165, 1.54) is 12.3 Å². The van der Waals surface area contributed by atoms with Crippen LogP contribution >= 0.6 is 15.9 Å². The van der Waals surface area contributed by atoms with Gasteiger partial charge in [0.2, 0.25) is 0 Å². The number of carboxylic acid groups (broad SMARTS) is 1. The molecule has 22 heavy (non-hydrogen) atoms. The fraction of sp³-hybridized carbons (Fsp3) is 0.500. The molecule has 0 atom stereocenters. The predicted molar refractivity (Wildman–Crippen MR) is 83.9 cm³/mol. The lowest BCUT2D eigenvalue weighted by molar-refractivity contribution is -0.139. The lowest BCUT2D eigenvalue weighted by atomic mass is 9.85. The minimum Gasteiger partial charge on any atom is -0.480 e. The van der Waals surface area contributed by atoms with Gasteiger partial charge in [0, 0.05) is 18.3 Å². The third-order valence-corrected chi connectivity index (χ3v) is 4.42. The second kappa shape index (κ2) is 7.06. The highest BCUT2D eigenvalue weighted by Gasteiger charge is 2.34. The zero-order valence-electron chi connectivity index (χ0n) is 12.1. The molecule has 1 fully saturated rings. The standard InChI is InChI=1S/C14H18BrN3O4/c1-2-18(7-12(19)20)10-4-9(5-10)17-13(21)8-3-11(15)14(22)16-6-8/h3,6,9-10H,2,4-5,7H2,1H3,(H,16,22)(H,17,21)(H,19,20). The van der Waals surface area contributed by atoms with Crippen molar-refractivity contribution in [2.24, 2.45) is 0 Å². The highest BCUT2D eigenvalue weighted by Crippen LogP contribution is 2.25. The molecule has 0 unspecified atom stereocenters. The van der Waals surface area contributed by atoms with Gasteiger partial charge < -0.3 is 15.4 Å². The summed E-state index contributed by atoms with van der Waals surface area (Å²) in [6.07, 6.45) is 2.84. The Morgan fingerprint density at radius 1 is 1.50 bits per heavy atom. The van der Waals surface area contributed by atoms with E-state index in [-0.39, 0.29) is 30.1 Å². The van der Waals surface area contributed by atoms with Crippen molar-refractivity contribution >= 4 is 27.8 Å². The monoisotopic (exact) mass is 371 g/mol. The van der Waals surface area contributed by atoms with Crippen molar-refractivity contribution in [3.63, 3.8) is 0 Å². The average Bonchev–Trinajstić information content (AvgIpc) is 2.42. The number of halogens is 1. The summed E-state index contributed by atoms with van der Waals surface area (Å²) in [5.41, 5.74) is 0.0975. The number of aromatic nitrogens is 1. The Morgan fingerprint density at radius 3 is 2.73 bits per heavy atom. The van der Waals surface area contributed by atoms with Crippen molar-refractivity contribution < 1.29 is 14.7 Å². The van der Waals surface area contributed by atoms with Gasteiger partial charge in [-0.25, -0.2) is 0 Å². The summed E-state index contributed by atoms with van der Waals surface area (Å²) in [5.74, 6) is -1.09. The SMILES string of the molecule is CCN(CC(=O)O)C1CC(NC(=O)c2c[nH]c(=O)c(Br)c2)C1. The minimum atomic E-state index is -0.840. The smallest absolute Gasteiger partial charge is 0.317 e. The maximum absolute atomic E-state index is 12.1. The first-order chi connectivity index (χ1) is 10.4. The first kappa shape index (κ1) is 16.7. The summed E-state index contributed by atoms with van der Waals surface area (Å²) in [6.45, 7) is 2.62. The summed E-state index contributed by atoms with van der Waals surface area (Å²) in [5, 5.41) is 11.7. The van der Waals surface area contributed by atoms with Gasteiger partial charge in [0.1, 0.15) is 0 Å². The van der Waals surface area contributed by atoms with Crippen LogP contribution in [-0.2, 0) is 4.79 Å². The summed E-state index contributed by atoms with van der Waals surface area (Å²) < 4.78 is 0.310. The van der Waals surface area contributed by atoms with Crippen LogP contribution in [0.5, 0.6) is 0 Å². The molecule has 0 saturated heterocycles. The third-order valence-electron chi connectivity index (χ3n) is 3.83. The summed E-state index contributed by atoms with van der Waals surface area (Å²) in [7, 11) is 0. The van der Waals surface area contributed by atoms with Crippen LogP contribution in [-0.4, -0.2) is 52.0 Å². The molecule has 1 aliphatic carbocycles. The Labute approximate surface area is 135 Å². The quantitative estimate of drug-likeness (QED) is 0.686. The van der Waals surface area contributed by atoms with Crippen molar-refractivity contribution in [2.75, 3.05) is 13.1 Å². The number of carbonyl (C=O) groups is 2. The van der Waals surface area contributed by atoms with E-state index >= 15 is 0 Å². The van der Waals surface area contributed by atoms with Crippen LogP contribution in [0.4, 0.5) is 0 Å². The van der Waals surface area contributed by atoms with Crippen LogP contribution in [0.1, 0.15) is 30.1 Å². The fourth-order valence-corrected chi connectivity index (χ4v) is 2.89. The second-order valence-corrected chi connectivity index (χ2v) is 6.17. The van der Waals surface area contributed by atoms with Crippen molar-refractivity contribution in [3.8, 4) is 0 Å². The number of H-pyrrole nitrogens is 1. The molecular formula is C14H18BrN3O4. The summed E-state index contributed by atoms with van der Waals surface area (Å²) in [6, 6.07) is 1.70. The Hall–Kier alpha value is -1.67. The Kier molecular flexibility index (Phi) is 5.36. The maximum Gasteiger partial charge on any atom is 0.317 e. The Morgan fingerprint density at radius 2 is 2.18 bits per heavy atom. The van der Waals surface area contributed by atoms with E-state index in [1.807, 2.05) is 11.8 Å². The van der Waals surface area contributed by atoms with Gasteiger partial charge in [0.05, 0.1) is 16.6 Å². The van der Waals surface area contributed by atoms with E-state index in [1.54, 1.807) is 0 Å². The number of hydrogen-bond acceptors (Lipinski definition) is 4. The van der Waals surface area contributed by atoms with E-state index in [9.17, 15) is 14.4 Å². The van der Waals surface area contributed by atoms with E-state index in [4.69, 9.17) is 5.11 Å². The number of nitrogens with one attached hydrogen (secondary N) is 2. The van der Waals surface area contributed by atoms with E-state index in [2.05, 4.69) is 26.2 Å². The number of rotatable bonds is 6. The van der Waals surface area contributed by atoms with Crippen LogP contribution in [0.25, 0.3) is 0 Å². The number of pyridine rings is 1. The molecule has 2 rings (SSSR count). The molecule has 8 heteroatoms. The molecule has 7 nitrogen and oxygen atoms in total.